The van der Waals surface area contributed by atoms with Crippen LogP contribution in [0.2, 0.25) is 5.02 Å². The van der Waals surface area contributed by atoms with Gasteiger partial charge in [0, 0.05) is 36.3 Å². The van der Waals surface area contributed by atoms with E-state index in [1.807, 2.05) is 91.5 Å². The number of carbonyl (C=O) groups excluding carboxylic acids is 2. The molecule has 1 saturated heterocycles. The van der Waals surface area contributed by atoms with Gasteiger partial charge in [-0.05, 0) is 79.0 Å². The van der Waals surface area contributed by atoms with Crippen molar-refractivity contribution in [1.29, 1.82) is 0 Å². The molecule has 10 heteroatoms. The average molecular weight is 639 g/mol. The van der Waals surface area contributed by atoms with Gasteiger partial charge in [0.1, 0.15) is 11.9 Å². The summed E-state index contributed by atoms with van der Waals surface area (Å²) in [6.45, 7) is 5.27. The zero-order chi connectivity index (χ0) is 31.5. The summed E-state index contributed by atoms with van der Waals surface area (Å²) in [7, 11) is -4.08. The number of halogens is 1. The molecule has 3 atom stereocenters. The molecular formula is C34H39ClN2O6S. The Morgan fingerprint density at radius 1 is 1.02 bits per heavy atom. The first-order valence-electron chi connectivity index (χ1n) is 15.0. The third-order valence-electron chi connectivity index (χ3n) is 9.78. The number of piperidine rings is 1. The second kappa shape index (κ2) is 13.1. The largest absolute Gasteiger partial charge is 0.364 e. The fourth-order valence-corrected chi connectivity index (χ4v) is 8.48. The summed E-state index contributed by atoms with van der Waals surface area (Å²) in [5.41, 5.74) is 1.51. The van der Waals surface area contributed by atoms with Crippen LogP contribution < -0.4 is 0 Å². The molecule has 3 aliphatic rings. The van der Waals surface area contributed by atoms with Gasteiger partial charge in [-0.15, -0.1) is 0 Å². The minimum atomic E-state index is -4.08. The molecule has 1 N–H and O–H groups in total. The maximum absolute atomic E-state index is 12.7. The molecule has 2 heterocycles. The Morgan fingerprint density at radius 3 is 2.23 bits per heavy atom. The number of nitrogens with zero attached hydrogens (tertiary/aromatic N) is 2. The number of rotatable bonds is 7. The van der Waals surface area contributed by atoms with Crippen LogP contribution in [0.25, 0.3) is 0 Å². The molecule has 3 fully saturated rings. The third kappa shape index (κ3) is 6.91. The predicted molar refractivity (Wildman–Crippen MR) is 169 cm³/mol. The maximum Gasteiger partial charge on any atom is 0.265 e. The number of amides is 1. The van der Waals surface area contributed by atoms with Gasteiger partial charge in [0.2, 0.25) is 0 Å². The van der Waals surface area contributed by atoms with E-state index in [0.29, 0.717) is 31.0 Å². The zero-order valence-corrected chi connectivity index (χ0v) is 26.6. The van der Waals surface area contributed by atoms with Crippen LogP contribution >= 0.6 is 11.6 Å². The van der Waals surface area contributed by atoms with Crippen molar-refractivity contribution in [3.63, 3.8) is 0 Å². The van der Waals surface area contributed by atoms with Crippen molar-refractivity contribution in [1.82, 2.24) is 9.88 Å². The van der Waals surface area contributed by atoms with Gasteiger partial charge in [-0.3, -0.25) is 19.1 Å². The number of Topliss-reactive ketones (excluding diaryl/α,β-unsaturated/α-hetero) is 1. The standard InChI is InChI=1S/C24H23ClN2O2.C10H16O4S/c25-20-11-9-18(10-12-20)23(22-8-4-5-15-26-22)29-21-13-16-27(17-14-21)24(28)19-6-2-1-3-7-19;1-9(2)7-3-4-10(9,8(11)5-7)6-15(12,13)14/h1-12,15,21,23H,13-14,16-17H2;7H,3-6H2,1-2H3,(H,12,13,14)/t23-;/m0./s1. The summed E-state index contributed by atoms with van der Waals surface area (Å²) < 4.78 is 37.5. The molecule has 2 aromatic carbocycles. The monoisotopic (exact) mass is 638 g/mol. The van der Waals surface area contributed by atoms with E-state index in [-0.39, 0.29) is 35.2 Å². The lowest BCUT2D eigenvalue weighted by Gasteiger charge is -2.35. The fraction of sp³-hybridized carbons (Fsp3) is 0.441. The van der Waals surface area contributed by atoms with Crippen LogP contribution in [0, 0.1) is 16.7 Å². The third-order valence-corrected chi connectivity index (χ3v) is 10.9. The zero-order valence-electron chi connectivity index (χ0n) is 25.1. The molecule has 2 bridgehead atoms. The van der Waals surface area contributed by atoms with Crippen molar-refractivity contribution in [2.45, 2.75) is 58.2 Å². The van der Waals surface area contributed by atoms with E-state index in [1.54, 1.807) is 6.20 Å². The van der Waals surface area contributed by atoms with Crippen molar-refractivity contribution >= 4 is 33.4 Å². The second-order valence-corrected chi connectivity index (χ2v) is 14.5. The summed E-state index contributed by atoms with van der Waals surface area (Å²) in [6.07, 6.45) is 5.17. The number of aromatic nitrogens is 1. The van der Waals surface area contributed by atoms with Crippen molar-refractivity contribution < 1.29 is 27.3 Å². The van der Waals surface area contributed by atoms with Crippen LogP contribution in [0.3, 0.4) is 0 Å². The van der Waals surface area contributed by atoms with Gasteiger partial charge in [-0.2, -0.15) is 8.42 Å². The van der Waals surface area contributed by atoms with Crippen LogP contribution in [-0.4, -0.2) is 59.5 Å². The molecule has 2 aliphatic carbocycles. The van der Waals surface area contributed by atoms with Gasteiger partial charge >= 0.3 is 0 Å². The number of hydrogen-bond acceptors (Lipinski definition) is 6. The molecule has 1 aromatic heterocycles. The molecular weight excluding hydrogens is 600 g/mol. The number of fused-ring (bicyclic) bond motifs is 2. The Hall–Kier alpha value is -3.11. The normalized spacial score (nSPS) is 23.6. The van der Waals surface area contributed by atoms with Gasteiger partial charge in [-0.25, -0.2) is 0 Å². The summed E-state index contributed by atoms with van der Waals surface area (Å²) in [4.78, 5) is 31.0. The molecule has 1 amide bonds. The highest BCUT2D eigenvalue weighted by molar-refractivity contribution is 7.85. The van der Waals surface area contributed by atoms with Crippen molar-refractivity contribution in [3.05, 3.63) is 101 Å². The predicted octanol–water partition coefficient (Wildman–Crippen LogP) is 6.42. The van der Waals surface area contributed by atoms with Gasteiger partial charge < -0.3 is 9.64 Å². The van der Waals surface area contributed by atoms with E-state index >= 15 is 0 Å². The molecule has 2 unspecified atom stereocenters. The highest BCUT2D eigenvalue weighted by atomic mass is 35.5. The Balaban J connectivity index is 0.000000215. The van der Waals surface area contributed by atoms with Gasteiger partial charge in [0.25, 0.3) is 16.0 Å². The summed E-state index contributed by atoms with van der Waals surface area (Å²) in [6, 6.07) is 23.0. The summed E-state index contributed by atoms with van der Waals surface area (Å²) in [5.74, 6) is -0.0151. The molecule has 8 nitrogen and oxygen atoms in total. The topological polar surface area (TPSA) is 114 Å². The van der Waals surface area contributed by atoms with Crippen molar-refractivity contribution in [2.75, 3.05) is 18.8 Å². The van der Waals surface area contributed by atoms with Gasteiger partial charge in [0.05, 0.1) is 23.0 Å². The number of benzene rings is 2. The summed E-state index contributed by atoms with van der Waals surface area (Å²) >= 11 is 6.06. The molecule has 44 heavy (non-hydrogen) atoms. The minimum absolute atomic E-state index is 0.0152. The lowest BCUT2D eigenvalue weighted by Crippen LogP contribution is -2.42. The number of pyridine rings is 1. The molecule has 0 spiro atoms. The van der Waals surface area contributed by atoms with Crippen LogP contribution in [0.15, 0.2) is 79.0 Å². The highest BCUT2D eigenvalue weighted by Gasteiger charge is 2.65. The summed E-state index contributed by atoms with van der Waals surface area (Å²) in [5, 5.41) is 0.696. The Kier molecular flexibility index (Phi) is 9.61. The average Bonchev–Trinajstić information content (AvgIpc) is 3.35. The fourth-order valence-electron chi connectivity index (χ4n) is 7.06. The maximum atomic E-state index is 12.7. The molecule has 1 aliphatic heterocycles. The van der Waals surface area contributed by atoms with E-state index in [0.717, 1.165) is 36.1 Å². The van der Waals surface area contributed by atoms with E-state index in [9.17, 15) is 18.0 Å². The Labute approximate surface area is 264 Å². The highest BCUT2D eigenvalue weighted by Crippen LogP contribution is 2.64. The quantitative estimate of drug-likeness (QED) is 0.297. The number of likely N-dealkylation sites (tertiary alicyclic amines) is 1. The van der Waals surface area contributed by atoms with Crippen molar-refractivity contribution in [2.24, 2.45) is 16.7 Å². The number of ether oxygens (including phenoxy) is 1. The minimum Gasteiger partial charge on any atom is -0.364 e. The van der Waals surface area contributed by atoms with E-state index < -0.39 is 21.3 Å². The Bertz CT molecular complexity index is 1560. The first kappa shape index (κ1) is 32.3. The molecule has 2 saturated carbocycles. The van der Waals surface area contributed by atoms with E-state index in [1.165, 1.54) is 0 Å². The van der Waals surface area contributed by atoms with Crippen molar-refractivity contribution in [3.8, 4) is 0 Å². The molecule has 234 valence electrons. The van der Waals surface area contributed by atoms with E-state index in [4.69, 9.17) is 20.9 Å². The molecule has 3 aromatic rings. The number of hydrogen-bond donors (Lipinski definition) is 1. The smallest absolute Gasteiger partial charge is 0.265 e. The second-order valence-electron chi connectivity index (χ2n) is 12.6. The van der Waals surface area contributed by atoms with Gasteiger partial charge in [-0.1, -0.05) is 61.8 Å². The SMILES string of the molecule is CC1(C)C2CCC1(CS(=O)(=O)O)C(=O)C2.O=C(c1ccccc1)N1CCC(O[C@@H](c2ccc(Cl)cc2)c2ccccn2)CC1. The van der Waals surface area contributed by atoms with E-state index in [2.05, 4.69) is 4.98 Å². The lowest BCUT2D eigenvalue weighted by atomic mass is 9.70. The van der Waals surface area contributed by atoms with Crippen LogP contribution in [0.5, 0.6) is 0 Å². The lowest BCUT2D eigenvalue weighted by molar-refractivity contribution is -0.128. The van der Waals surface area contributed by atoms with Gasteiger partial charge in [0.15, 0.2) is 0 Å². The van der Waals surface area contributed by atoms with Crippen LogP contribution in [0.4, 0.5) is 0 Å². The Morgan fingerprint density at radius 2 is 1.68 bits per heavy atom. The van der Waals surface area contributed by atoms with Crippen LogP contribution in [-0.2, 0) is 19.6 Å². The first-order valence-corrected chi connectivity index (χ1v) is 17.0. The molecule has 0 radical (unpaired) electrons. The molecule has 6 rings (SSSR count). The van der Waals surface area contributed by atoms with Crippen LogP contribution in [0.1, 0.15) is 73.7 Å². The first-order chi connectivity index (χ1) is 20.9. The number of carbonyl (C=O) groups is 2. The number of ketones is 1.